The SMILES string of the molecule is CSCCC(C)n1c(SCC(=O)O)nc2cnccc21. The number of nitrogens with zero attached hydrogens (tertiary/aromatic N) is 3. The van der Waals surface area contributed by atoms with Crippen molar-refractivity contribution in [1.82, 2.24) is 14.5 Å². The molecule has 5 nitrogen and oxygen atoms in total. The predicted octanol–water partition coefficient (Wildman–Crippen LogP) is 2.92. The van der Waals surface area contributed by atoms with E-state index in [9.17, 15) is 4.79 Å². The fourth-order valence-electron chi connectivity index (χ4n) is 2.00. The first-order valence-electron chi connectivity index (χ1n) is 6.29. The number of hydrogen-bond donors (Lipinski definition) is 1. The minimum Gasteiger partial charge on any atom is -0.481 e. The van der Waals surface area contributed by atoms with Gasteiger partial charge in [-0.05, 0) is 31.4 Å². The summed E-state index contributed by atoms with van der Waals surface area (Å²) in [5.74, 6) is 0.254. The standard InChI is InChI=1S/C13H17N3O2S2/c1-9(4-6-19-2)16-11-3-5-14-7-10(11)15-13(16)20-8-12(17)18/h3,5,7,9H,4,6,8H2,1-2H3,(H,17,18). The Hall–Kier alpha value is -1.21. The zero-order valence-electron chi connectivity index (χ0n) is 11.4. The number of carbonyl (C=O) groups is 1. The molecule has 2 aromatic heterocycles. The molecule has 0 saturated carbocycles. The molecule has 0 aliphatic rings. The molecule has 1 N–H and O–H groups in total. The average Bonchev–Trinajstić information content (AvgIpc) is 2.81. The van der Waals surface area contributed by atoms with Crippen LogP contribution in [0.25, 0.3) is 11.0 Å². The molecule has 0 aromatic carbocycles. The Morgan fingerprint density at radius 3 is 3.05 bits per heavy atom. The third-order valence-corrected chi connectivity index (χ3v) is 4.55. The molecular formula is C13H17N3O2S2. The molecule has 0 spiro atoms. The summed E-state index contributed by atoms with van der Waals surface area (Å²) in [7, 11) is 0. The first-order chi connectivity index (χ1) is 9.63. The van der Waals surface area contributed by atoms with E-state index in [1.54, 1.807) is 12.4 Å². The summed E-state index contributed by atoms with van der Waals surface area (Å²) in [6.45, 7) is 2.14. The Kier molecular flexibility index (Phi) is 5.31. The molecule has 2 rings (SSSR count). The summed E-state index contributed by atoms with van der Waals surface area (Å²) in [6, 6.07) is 2.22. The molecule has 1 atom stereocenters. The van der Waals surface area contributed by atoms with Crippen LogP contribution in [0.15, 0.2) is 23.6 Å². The average molecular weight is 311 g/mol. The lowest BCUT2D eigenvalue weighted by atomic mass is 10.2. The number of pyridine rings is 1. The molecule has 2 heterocycles. The van der Waals surface area contributed by atoms with Crippen molar-refractivity contribution in [2.45, 2.75) is 24.5 Å². The Bertz CT molecular complexity index is 600. The van der Waals surface area contributed by atoms with Crippen LogP contribution in [0.3, 0.4) is 0 Å². The Morgan fingerprint density at radius 1 is 1.55 bits per heavy atom. The van der Waals surface area contributed by atoms with Crippen molar-refractivity contribution in [2.24, 2.45) is 0 Å². The van der Waals surface area contributed by atoms with Gasteiger partial charge in [-0.2, -0.15) is 11.8 Å². The molecule has 1 unspecified atom stereocenters. The van der Waals surface area contributed by atoms with E-state index < -0.39 is 5.97 Å². The van der Waals surface area contributed by atoms with Crippen LogP contribution in [0, 0.1) is 0 Å². The van der Waals surface area contributed by atoms with E-state index in [1.807, 2.05) is 17.8 Å². The second-order valence-electron chi connectivity index (χ2n) is 4.44. The van der Waals surface area contributed by atoms with E-state index >= 15 is 0 Å². The van der Waals surface area contributed by atoms with E-state index in [2.05, 4.69) is 27.7 Å². The molecule has 0 radical (unpaired) electrons. The van der Waals surface area contributed by atoms with Crippen molar-refractivity contribution in [3.63, 3.8) is 0 Å². The summed E-state index contributed by atoms with van der Waals surface area (Å²) in [5, 5.41) is 9.60. The van der Waals surface area contributed by atoms with Crippen molar-refractivity contribution in [3.05, 3.63) is 18.5 Å². The van der Waals surface area contributed by atoms with Gasteiger partial charge in [0.1, 0.15) is 5.52 Å². The van der Waals surface area contributed by atoms with Crippen LogP contribution in [0.5, 0.6) is 0 Å². The first kappa shape index (κ1) is 15.2. The zero-order chi connectivity index (χ0) is 14.5. The summed E-state index contributed by atoms with van der Waals surface area (Å²) in [5.41, 5.74) is 1.83. The summed E-state index contributed by atoms with van der Waals surface area (Å²) >= 11 is 3.07. The van der Waals surface area contributed by atoms with Gasteiger partial charge in [0, 0.05) is 12.2 Å². The van der Waals surface area contributed by atoms with Crippen LogP contribution in [0.4, 0.5) is 0 Å². The van der Waals surface area contributed by atoms with E-state index in [0.29, 0.717) is 0 Å². The molecule has 0 amide bonds. The summed E-state index contributed by atoms with van der Waals surface area (Å²) in [4.78, 5) is 19.4. The van der Waals surface area contributed by atoms with Crippen molar-refractivity contribution in [3.8, 4) is 0 Å². The van der Waals surface area contributed by atoms with E-state index in [1.165, 1.54) is 11.8 Å². The van der Waals surface area contributed by atoms with Crippen molar-refractivity contribution >= 4 is 40.5 Å². The third-order valence-electron chi connectivity index (χ3n) is 2.96. The smallest absolute Gasteiger partial charge is 0.313 e. The second kappa shape index (κ2) is 6.99. The zero-order valence-corrected chi connectivity index (χ0v) is 13.1. The maximum atomic E-state index is 10.8. The van der Waals surface area contributed by atoms with E-state index in [-0.39, 0.29) is 11.8 Å². The highest BCUT2D eigenvalue weighted by Gasteiger charge is 2.17. The molecule has 0 bridgehead atoms. The Morgan fingerprint density at radius 2 is 2.35 bits per heavy atom. The predicted molar refractivity (Wildman–Crippen MR) is 83.6 cm³/mol. The molecule has 108 valence electrons. The van der Waals surface area contributed by atoms with Gasteiger partial charge in [-0.15, -0.1) is 0 Å². The van der Waals surface area contributed by atoms with Gasteiger partial charge in [-0.1, -0.05) is 11.8 Å². The molecule has 0 aliphatic heterocycles. The van der Waals surface area contributed by atoms with Crippen LogP contribution >= 0.6 is 23.5 Å². The second-order valence-corrected chi connectivity index (χ2v) is 6.37. The molecule has 7 heteroatoms. The largest absolute Gasteiger partial charge is 0.481 e. The van der Waals surface area contributed by atoms with Crippen molar-refractivity contribution in [2.75, 3.05) is 17.8 Å². The Labute approximate surface area is 126 Å². The summed E-state index contributed by atoms with van der Waals surface area (Å²) in [6.07, 6.45) is 6.57. The van der Waals surface area contributed by atoms with Crippen LogP contribution in [-0.2, 0) is 4.79 Å². The van der Waals surface area contributed by atoms with Crippen LogP contribution in [0.1, 0.15) is 19.4 Å². The first-order valence-corrected chi connectivity index (χ1v) is 8.67. The van der Waals surface area contributed by atoms with Gasteiger partial charge in [-0.3, -0.25) is 9.78 Å². The molecule has 20 heavy (non-hydrogen) atoms. The number of aliphatic carboxylic acids is 1. The number of carboxylic acids is 1. The quantitative estimate of drug-likeness (QED) is 0.793. The van der Waals surface area contributed by atoms with E-state index in [4.69, 9.17) is 5.11 Å². The van der Waals surface area contributed by atoms with Gasteiger partial charge < -0.3 is 9.67 Å². The highest BCUT2D eigenvalue weighted by atomic mass is 32.2. The molecule has 2 aromatic rings. The highest BCUT2D eigenvalue weighted by Crippen LogP contribution is 2.29. The highest BCUT2D eigenvalue weighted by molar-refractivity contribution is 7.99. The Balaban J connectivity index is 2.36. The number of aromatic nitrogens is 3. The topological polar surface area (TPSA) is 68.0 Å². The van der Waals surface area contributed by atoms with Crippen molar-refractivity contribution in [1.29, 1.82) is 0 Å². The van der Waals surface area contributed by atoms with E-state index in [0.717, 1.165) is 28.4 Å². The minimum absolute atomic E-state index is 0.0198. The third kappa shape index (κ3) is 3.46. The fourth-order valence-corrected chi connectivity index (χ4v) is 3.41. The van der Waals surface area contributed by atoms with Crippen LogP contribution in [-0.4, -0.2) is 43.4 Å². The van der Waals surface area contributed by atoms with Gasteiger partial charge in [0.15, 0.2) is 5.16 Å². The van der Waals surface area contributed by atoms with Gasteiger partial charge in [0.05, 0.1) is 17.5 Å². The monoisotopic (exact) mass is 311 g/mol. The lowest BCUT2D eigenvalue weighted by Crippen LogP contribution is -2.09. The number of carboxylic acid groups (broad SMARTS) is 1. The maximum absolute atomic E-state index is 10.8. The number of imidazole rings is 1. The van der Waals surface area contributed by atoms with Gasteiger partial charge in [-0.25, -0.2) is 4.98 Å². The maximum Gasteiger partial charge on any atom is 0.313 e. The number of hydrogen-bond acceptors (Lipinski definition) is 5. The lowest BCUT2D eigenvalue weighted by Gasteiger charge is -2.16. The normalized spacial score (nSPS) is 12.7. The fraction of sp³-hybridized carbons (Fsp3) is 0.462. The molecule has 0 saturated heterocycles. The number of rotatable bonds is 7. The van der Waals surface area contributed by atoms with Gasteiger partial charge >= 0.3 is 5.97 Å². The van der Waals surface area contributed by atoms with Gasteiger partial charge in [0.2, 0.25) is 0 Å². The molecule has 0 fully saturated rings. The van der Waals surface area contributed by atoms with Crippen LogP contribution in [0.2, 0.25) is 0 Å². The summed E-state index contributed by atoms with van der Waals surface area (Å²) < 4.78 is 2.13. The number of thioether (sulfide) groups is 2. The van der Waals surface area contributed by atoms with Crippen molar-refractivity contribution < 1.29 is 9.90 Å². The minimum atomic E-state index is -0.830. The van der Waals surface area contributed by atoms with Crippen LogP contribution < -0.4 is 0 Å². The molecular weight excluding hydrogens is 294 g/mol. The van der Waals surface area contributed by atoms with Gasteiger partial charge in [0.25, 0.3) is 0 Å². The number of fused-ring (bicyclic) bond motifs is 1. The molecule has 0 aliphatic carbocycles. The lowest BCUT2D eigenvalue weighted by molar-refractivity contribution is -0.133.